The predicted molar refractivity (Wildman–Crippen MR) is 122 cm³/mol. The van der Waals surface area contributed by atoms with E-state index in [1.807, 2.05) is 6.92 Å². The number of halogens is 2. The summed E-state index contributed by atoms with van der Waals surface area (Å²) in [4.78, 5) is 8.21. The van der Waals surface area contributed by atoms with Crippen molar-refractivity contribution in [3.63, 3.8) is 0 Å². The molecule has 0 spiro atoms. The zero-order valence-electron chi connectivity index (χ0n) is 18.1. The van der Waals surface area contributed by atoms with Crippen molar-refractivity contribution in [2.75, 3.05) is 18.9 Å². The van der Waals surface area contributed by atoms with Gasteiger partial charge in [0.15, 0.2) is 0 Å². The van der Waals surface area contributed by atoms with Gasteiger partial charge in [0.2, 0.25) is 0 Å². The van der Waals surface area contributed by atoms with E-state index in [0.29, 0.717) is 22.4 Å². The van der Waals surface area contributed by atoms with Crippen LogP contribution in [0.1, 0.15) is 31.2 Å². The van der Waals surface area contributed by atoms with Crippen LogP contribution in [-0.4, -0.2) is 50.2 Å². The summed E-state index contributed by atoms with van der Waals surface area (Å²) in [5, 5.41) is 21.6. The fourth-order valence-electron chi connectivity index (χ4n) is 3.88. The molecule has 182 valence electrons. The topological polar surface area (TPSA) is 142 Å². The SMILES string of the molecule is CC1C(O)C(CO[P+](=O)OCCC(O)c2ccc(F)cc2Cl)OC1n1ccc2c(N)ncnc21. The lowest BCUT2D eigenvalue weighted by molar-refractivity contribution is -0.0407. The molecule has 4 N–H and O–H groups in total. The average Bonchev–Trinajstić information content (AvgIpc) is 3.34. The van der Waals surface area contributed by atoms with Crippen LogP contribution in [-0.2, 0) is 18.3 Å². The number of nitrogen functional groups attached to an aromatic ring is 1. The Morgan fingerprint density at radius 2 is 2.15 bits per heavy atom. The second-order valence-corrected chi connectivity index (χ2v) is 9.33. The molecule has 13 heteroatoms. The maximum atomic E-state index is 13.1. The van der Waals surface area contributed by atoms with Crippen LogP contribution in [0.15, 0.2) is 36.8 Å². The van der Waals surface area contributed by atoms with Crippen molar-refractivity contribution >= 4 is 36.7 Å². The number of rotatable bonds is 9. The van der Waals surface area contributed by atoms with E-state index in [0.717, 1.165) is 6.07 Å². The van der Waals surface area contributed by atoms with Gasteiger partial charge >= 0.3 is 8.25 Å². The van der Waals surface area contributed by atoms with Crippen LogP contribution in [0.4, 0.5) is 10.2 Å². The summed E-state index contributed by atoms with van der Waals surface area (Å²) in [6.07, 6.45) is -0.00107. The normalized spacial score (nSPS) is 24.0. The standard InChI is InChI=1S/C21H24ClFN4O6P/c1-11-18(29)17(33-21(11)27-6-4-14-19(24)25-10-26-20(14)27)9-32-34(30)31-7-5-16(28)13-3-2-12(23)8-15(13)22/h2-4,6,8,10-11,16-18,21,28-29H,5,7,9H2,1H3,(H2,24,25,26)/q+1. The third-order valence-electron chi connectivity index (χ3n) is 5.75. The lowest BCUT2D eigenvalue weighted by Gasteiger charge is -2.18. The van der Waals surface area contributed by atoms with Gasteiger partial charge in [-0.1, -0.05) is 24.6 Å². The molecular formula is C21H24ClFN4O6P+. The monoisotopic (exact) mass is 513 g/mol. The summed E-state index contributed by atoms with van der Waals surface area (Å²) in [6, 6.07) is 5.44. The van der Waals surface area contributed by atoms with Gasteiger partial charge in [-0.3, -0.25) is 0 Å². The molecule has 6 unspecified atom stereocenters. The summed E-state index contributed by atoms with van der Waals surface area (Å²) in [5.74, 6) is -0.477. The lowest BCUT2D eigenvalue weighted by Crippen LogP contribution is -2.28. The summed E-state index contributed by atoms with van der Waals surface area (Å²) in [6.45, 7) is 1.57. The molecule has 3 heterocycles. The van der Waals surface area contributed by atoms with Crippen LogP contribution >= 0.6 is 19.9 Å². The largest absolute Gasteiger partial charge is 0.697 e. The van der Waals surface area contributed by atoms with E-state index in [1.54, 1.807) is 16.8 Å². The van der Waals surface area contributed by atoms with E-state index in [9.17, 15) is 19.2 Å². The Balaban J connectivity index is 1.28. The fourth-order valence-corrected chi connectivity index (χ4v) is 4.77. The number of ether oxygens (including phenoxy) is 1. The smallest absolute Gasteiger partial charge is 0.390 e. The Bertz CT molecular complexity index is 1180. The van der Waals surface area contributed by atoms with E-state index in [1.165, 1.54) is 18.5 Å². The average molecular weight is 514 g/mol. The Hall–Kier alpha value is -2.24. The molecule has 34 heavy (non-hydrogen) atoms. The van der Waals surface area contributed by atoms with E-state index in [2.05, 4.69) is 9.97 Å². The molecule has 1 aliphatic heterocycles. The highest BCUT2D eigenvalue weighted by atomic mass is 35.5. The summed E-state index contributed by atoms with van der Waals surface area (Å²) < 4.78 is 43.3. The molecular weight excluding hydrogens is 490 g/mol. The number of aliphatic hydroxyl groups excluding tert-OH is 2. The van der Waals surface area contributed by atoms with Crippen molar-refractivity contribution in [2.45, 2.75) is 37.9 Å². The predicted octanol–water partition coefficient (Wildman–Crippen LogP) is 3.51. The van der Waals surface area contributed by atoms with Gasteiger partial charge in [-0.15, -0.1) is 9.05 Å². The van der Waals surface area contributed by atoms with Crippen LogP contribution in [0.3, 0.4) is 0 Å². The molecule has 2 aromatic heterocycles. The molecule has 10 nitrogen and oxygen atoms in total. The Kier molecular flexibility index (Phi) is 7.73. The Morgan fingerprint density at radius 1 is 1.35 bits per heavy atom. The maximum absolute atomic E-state index is 13.1. The van der Waals surface area contributed by atoms with Gasteiger partial charge in [0.25, 0.3) is 0 Å². The van der Waals surface area contributed by atoms with Crippen LogP contribution in [0.25, 0.3) is 11.0 Å². The molecule has 6 atom stereocenters. The highest BCUT2D eigenvalue weighted by molar-refractivity contribution is 7.33. The van der Waals surface area contributed by atoms with Gasteiger partial charge < -0.3 is 25.3 Å². The molecule has 0 aliphatic carbocycles. The van der Waals surface area contributed by atoms with Gasteiger partial charge in [-0.25, -0.2) is 14.4 Å². The molecule has 3 aromatic rings. The van der Waals surface area contributed by atoms with Crippen LogP contribution in [0.5, 0.6) is 0 Å². The third kappa shape index (κ3) is 5.21. The quantitative estimate of drug-likeness (QED) is 0.366. The van der Waals surface area contributed by atoms with Crippen molar-refractivity contribution in [3.05, 3.63) is 53.2 Å². The minimum absolute atomic E-state index is 0.0726. The number of nitrogens with zero attached hydrogens (tertiary/aromatic N) is 3. The van der Waals surface area contributed by atoms with Crippen molar-refractivity contribution < 1.29 is 33.0 Å². The van der Waals surface area contributed by atoms with Crippen LogP contribution in [0, 0.1) is 11.7 Å². The Labute approximate surface area is 200 Å². The molecule has 1 aromatic carbocycles. The van der Waals surface area contributed by atoms with Crippen molar-refractivity contribution in [1.29, 1.82) is 0 Å². The number of fused-ring (bicyclic) bond motifs is 1. The molecule has 4 rings (SSSR count). The summed E-state index contributed by atoms with van der Waals surface area (Å²) in [5.41, 5.74) is 6.80. The van der Waals surface area contributed by atoms with Gasteiger partial charge in [-0.2, -0.15) is 0 Å². The van der Waals surface area contributed by atoms with Crippen molar-refractivity contribution in [2.24, 2.45) is 5.92 Å². The molecule has 0 amide bonds. The molecule has 1 aliphatic rings. The first kappa shape index (κ1) is 24.9. The van der Waals surface area contributed by atoms with E-state index >= 15 is 0 Å². The van der Waals surface area contributed by atoms with Crippen molar-refractivity contribution in [3.8, 4) is 0 Å². The van der Waals surface area contributed by atoms with E-state index < -0.39 is 38.6 Å². The summed E-state index contributed by atoms with van der Waals surface area (Å²) >= 11 is 5.93. The van der Waals surface area contributed by atoms with Gasteiger partial charge in [0, 0.05) is 28.1 Å². The Morgan fingerprint density at radius 3 is 2.91 bits per heavy atom. The van der Waals surface area contributed by atoms with Crippen LogP contribution in [0.2, 0.25) is 5.02 Å². The molecule has 0 radical (unpaired) electrons. The minimum Gasteiger partial charge on any atom is -0.390 e. The fraction of sp³-hybridized carbons (Fsp3) is 0.429. The molecule has 1 saturated heterocycles. The molecule has 1 fully saturated rings. The highest BCUT2D eigenvalue weighted by Gasteiger charge is 2.44. The van der Waals surface area contributed by atoms with Crippen LogP contribution < -0.4 is 5.73 Å². The first-order valence-electron chi connectivity index (χ1n) is 10.5. The first-order chi connectivity index (χ1) is 16.3. The zero-order chi connectivity index (χ0) is 24.4. The van der Waals surface area contributed by atoms with Gasteiger partial charge in [0.1, 0.15) is 49.2 Å². The maximum Gasteiger partial charge on any atom is 0.697 e. The highest BCUT2D eigenvalue weighted by Crippen LogP contribution is 2.38. The number of aromatic nitrogens is 3. The number of hydrogen-bond donors (Lipinski definition) is 3. The number of nitrogens with two attached hydrogens (primary N) is 1. The number of benzene rings is 1. The van der Waals surface area contributed by atoms with Crippen molar-refractivity contribution in [1.82, 2.24) is 14.5 Å². The first-order valence-corrected chi connectivity index (χ1v) is 12.0. The number of aliphatic hydroxyl groups is 2. The van der Waals surface area contributed by atoms with E-state index in [-0.39, 0.29) is 30.6 Å². The number of hydrogen-bond acceptors (Lipinski definition) is 9. The summed E-state index contributed by atoms with van der Waals surface area (Å²) in [7, 11) is -2.52. The van der Waals surface area contributed by atoms with Gasteiger partial charge in [-0.05, 0) is 23.8 Å². The zero-order valence-corrected chi connectivity index (χ0v) is 19.8. The van der Waals surface area contributed by atoms with Gasteiger partial charge in [0.05, 0.1) is 17.6 Å². The molecule has 0 saturated carbocycles. The second kappa shape index (κ2) is 10.6. The number of anilines is 1. The third-order valence-corrected chi connectivity index (χ3v) is 6.83. The molecule has 0 bridgehead atoms. The lowest BCUT2D eigenvalue weighted by atomic mass is 10.0. The van der Waals surface area contributed by atoms with E-state index in [4.69, 9.17) is 31.1 Å². The minimum atomic E-state index is -2.52. The second-order valence-electron chi connectivity index (χ2n) is 7.96.